The van der Waals surface area contributed by atoms with Crippen molar-refractivity contribution in [2.45, 2.75) is 52.1 Å². The number of aromatic amines is 1. The Hall–Kier alpha value is -1.62. The van der Waals surface area contributed by atoms with Gasteiger partial charge >= 0.3 is 0 Å². The fourth-order valence-corrected chi connectivity index (χ4v) is 3.85. The van der Waals surface area contributed by atoms with Crippen molar-refractivity contribution in [2.75, 3.05) is 0 Å². The fourth-order valence-electron chi connectivity index (χ4n) is 3.85. The van der Waals surface area contributed by atoms with Crippen LogP contribution in [-0.4, -0.2) is 16.0 Å². The molecule has 1 aromatic heterocycles. The Bertz CT molecular complexity index is 896. The second-order valence-electron chi connectivity index (χ2n) is 8.27. The van der Waals surface area contributed by atoms with Crippen LogP contribution in [-0.2, 0) is 6.54 Å². The third kappa shape index (κ3) is 5.05. The highest BCUT2D eigenvalue weighted by atomic mass is 35.5. The summed E-state index contributed by atoms with van der Waals surface area (Å²) in [5.74, 6) is -0.236. The molecule has 1 aliphatic rings. The summed E-state index contributed by atoms with van der Waals surface area (Å²) in [6.07, 6.45) is 6.67. The van der Waals surface area contributed by atoms with E-state index in [0.29, 0.717) is 22.5 Å². The zero-order valence-electron chi connectivity index (χ0n) is 16.3. The van der Waals surface area contributed by atoms with E-state index in [1.807, 2.05) is 18.2 Å². The summed E-state index contributed by atoms with van der Waals surface area (Å²) >= 11 is 0. The molecular formula is C22H28Cl2FN3. The molecule has 0 bridgehead atoms. The van der Waals surface area contributed by atoms with Crippen LogP contribution in [0.15, 0.2) is 42.7 Å². The van der Waals surface area contributed by atoms with E-state index in [1.165, 1.54) is 37.3 Å². The molecule has 0 amide bonds. The summed E-state index contributed by atoms with van der Waals surface area (Å²) in [7, 11) is 0. The normalized spacial score (nSPS) is 16.4. The van der Waals surface area contributed by atoms with Crippen LogP contribution in [0.25, 0.3) is 22.2 Å². The van der Waals surface area contributed by atoms with Crippen LogP contribution >= 0.6 is 24.8 Å². The highest BCUT2D eigenvalue weighted by Gasteiger charge is 2.26. The molecule has 2 N–H and O–H groups in total. The van der Waals surface area contributed by atoms with E-state index >= 15 is 0 Å². The van der Waals surface area contributed by atoms with Crippen molar-refractivity contribution in [2.24, 2.45) is 5.41 Å². The Morgan fingerprint density at radius 2 is 1.79 bits per heavy atom. The number of nitrogens with zero attached hydrogens (tertiary/aromatic N) is 1. The van der Waals surface area contributed by atoms with Gasteiger partial charge in [0.05, 0.1) is 17.4 Å². The maximum atomic E-state index is 14.4. The van der Waals surface area contributed by atoms with Crippen molar-refractivity contribution in [1.29, 1.82) is 0 Å². The number of hydrogen-bond donors (Lipinski definition) is 2. The number of nitrogens with one attached hydrogen (secondary N) is 2. The van der Waals surface area contributed by atoms with E-state index in [0.717, 1.165) is 17.6 Å². The lowest BCUT2D eigenvalue weighted by atomic mass is 9.75. The molecule has 1 aliphatic carbocycles. The molecule has 0 saturated heterocycles. The molecule has 1 fully saturated rings. The van der Waals surface area contributed by atoms with E-state index < -0.39 is 0 Å². The Labute approximate surface area is 178 Å². The van der Waals surface area contributed by atoms with E-state index in [4.69, 9.17) is 0 Å². The van der Waals surface area contributed by atoms with Crippen molar-refractivity contribution in [3.8, 4) is 11.1 Å². The average Bonchev–Trinajstić information content (AvgIpc) is 3.08. The van der Waals surface area contributed by atoms with Crippen LogP contribution in [0.1, 0.15) is 45.1 Å². The molecule has 152 valence electrons. The van der Waals surface area contributed by atoms with Gasteiger partial charge < -0.3 is 10.3 Å². The van der Waals surface area contributed by atoms with Gasteiger partial charge in [-0.25, -0.2) is 9.37 Å². The van der Waals surface area contributed by atoms with Gasteiger partial charge in [-0.1, -0.05) is 38.1 Å². The Kier molecular flexibility index (Phi) is 7.49. The average molecular weight is 424 g/mol. The highest BCUT2D eigenvalue weighted by Crippen LogP contribution is 2.35. The number of halogens is 3. The Balaban J connectivity index is 0.00000140. The first-order chi connectivity index (χ1) is 12.5. The molecule has 1 saturated carbocycles. The molecule has 2 aromatic carbocycles. The minimum absolute atomic E-state index is 0. The quantitative estimate of drug-likeness (QED) is 0.518. The predicted molar refractivity (Wildman–Crippen MR) is 119 cm³/mol. The third-order valence-electron chi connectivity index (χ3n) is 5.71. The van der Waals surface area contributed by atoms with Gasteiger partial charge in [0.25, 0.3) is 0 Å². The van der Waals surface area contributed by atoms with Crippen molar-refractivity contribution in [1.82, 2.24) is 15.3 Å². The number of hydrogen-bond acceptors (Lipinski definition) is 2. The fraction of sp³-hybridized carbons (Fsp3) is 0.409. The van der Waals surface area contributed by atoms with Crippen molar-refractivity contribution < 1.29 is 4.39 Å². The van der Waals surface area contributed by atoms with Crippen LogP contribution < -0.4 is 5.32 Å². The minimum atomic E-state index is -0.236. The van der Waals surface area contributed by atoms with Gasteiger partial charge in [0.2, 0.25) is 0 Å². The van der Waals surface area contributed by atoms with Crippen LogP contribution in [0.4, 0.5) is 4.39 Å². The summed E-state index contributed by atoms with van der Waals surface area (Å²) in [4.78, 5) is 7.15. The predicted octanol–water partition coefficient (Wildman–Crippen LogP) is 6.27. The van der Waals surface area contributed by atoms with Gasteiger partial charge in [-0.3, -0.25) is 0 Å². The van der Waals surface area contributed by atoms with E-state index in [-0.39, 0.29) is 30.6 Å². The topological polar surface area (TPSA) is 40.7 Å². The van der Waals surface area contributed by atoms with Gasteiger partial charge in [-0.05, 0) is 48.3 Å². The Morgan fingerprint density at radius 3 is 2.46 bits per heavy atom. The first-order valence-electron chi connectivity index (χ1n) is 9.45. The summed E-state index contributed by atoms with van der Waals surface area (Å²) in [5, 5.41) is 3.68. The van der Waals surface area contributed by atoms with Crippen LogP contribution in [0.5, 0.6) is 0 Å². The SMILES string of the molecule is CC1(C)CCC(NCc2ccc(-c3cc4[nH]cnc4cc3F)cc2)CC1.Cl.Cl. The summed E-state index contributed by atoms with van der Waals surface area (Å²) in [6.45, 7) is 5.59. The molecule has 6 heteroatoms. The van der Waals surface area contributed by atoms with Crippen LogP contribution in [0.2, 0.25) is 0 Å². The smallest absolute Gasteiger partial charge is 0.133 e. The third-order valence-corrected chi connectivity index (χ3v) is 5.71. The van der Waals surface area contributed by atoms with E-state index in [1.54, 1.807) is 6.33 Å². The first-order valence-corrected chi connectivity index (χ1v) is 9.45. The highest BCUT2D eigenvalue weighted by molar-refractivity contribution is 5.85. The molecule has 3 nitrogen and oxygen atoms in total. The van der Waals surface area contributed by atoms with Gasteiger partial charge in [-0.2, -0.15) is 0 Å². The van der Waals surface area contributed by atoms with Crippen molar-refractivity contribution >= 4 is 35.8 Å². The molecule has 0 aliphatic heterocycles. The zero-order chi connectivity index (χ0) is 18.1. The van der Waals surface area contributed by atoms with Crippen molar-refractivity contribution in [3.63, 3.8) is 0 Å². The number of rotatable bonds is 4. The van der Waals surface area contributed by atoms with Crippen LogP contribution in [0, 0.1) is 11.2 Å². The number of imidazole rings is 1. The van der Waals surface area contributed by atoms with Crippen molar-refractivity contribution in [3.05, 3.63) is 54.1 Å². The summed E-state index contributed by atoms with van der Waals surface area (Å²) < 4.78 is 14.4. The molecular weight excluding hydrogens is 396 g/mol. The summed E-state index contributed by atoms with van der Waals surface area (Å²) in [5.41, 5.74) is 4.74. The first kappa shape index (κ1) is 22.7. The number of benzene rings is 2. The largest absolute Gasteiger partial charge is 0.345 e. The van der Waals surface area contributed by atoms with Gasteiger partial charge in [0, 0.05) is 24.2 Å². The zero-order valence-corrected chi connectivity index (χ0v) is 17.9. The maximum absolute atomic E-state index is 14.4. The Morgan fingerprint density at radius 1 is 1.11 bits per heavy atom. The van der Waals surface area contributed by atoms with Crippen LogP contribution in [0.3, 0.4) is 0 Å². The second-order valence-corrected chi connectivity index (χ2v) is 8.27. The monoisotopic (exact) mass is 423 g/mol. The standard InChI is InChI=1S/C22H26FN3.2ClH/c1-22(2)9-7-17(8-10-22)24-13-15-3-5-16(6-4-15)18-11-20-21(12-19(18)23)26-14-25-20;;/h3-6,11-12,14,17,24H,7-10,13H2,1-2H3,(H,25,26);2*1H. The lowest BCUT2D eigenvalue weighted by Crippen LogP contribution is -2.35. The van der Waals surface area contributed by atoms with Gasteiger partial charge in [-0.15, -0.1) is 24.8 Å². The molecule has 0 radical (unpaired) electrons. The number of fused-ring (bicyclic) bond motifs is 1. The van der Waals surface area contributed by atoms with E-state index in [9.17, 15) is 4.39 Å². The lowest BCUT2D eigenvalue weighted by Gasteiger charge is -2.34. The van der Waals surface area contributed by atoms with E-state index in [2.05, 4.69) is 41.3 Å². The number of aromatic nitrogens is 2. The van der Waals surface area contributed by atoms with Gasteiger partial charge in [0.15, 0.2) is 0 Å². The molecule has 0 unspecified atom stereocenters. The molecule has 0 spiro atoms. The number of H-pyrrole nitrogens is 1. The molecule has 28 heavy (non-hydrogen) atoms. The lowest BCUT2D eigenvalue weighted by molar-refractivity contribution is 0.206. The minimum Gasteiger partial charge on any atom is -0.345 e. The molecule has 1 heterocycles. The molecule has 0 atom stereocenters. The summed E-state index contributed by atoms with van der Waals surface area (Å²) in [6, 6.07) is 12.1. The maximum Gasteiger partial charge on any atom is 0.133 e. The molecule has 4 rings (SSSR count). The second kappa shape index (κ2) is 9.25. The van der Waals surface area contributed by atoms with Gasteiger partial charge in [0.1, 0.15) is 5.82 Å². The molecule has 3 aromatic rings.